The predicted octanol–water partition coefficient (Wildman–Crippen LogP) is 2.08. The zero-order valence-corrected chi connectivity index (χ0v) is 11.3. The first-order valence-electron chi connectivity index (χ1n) is 6.28. The molecule has 2 heterocycles. The third kappa shape index (κ3) is 3.88. The second-order valence-electron chi connectivity index (χ2n) is 4.44. The SMILES string of the molecule is O=C(c1cncc(F)c1)N1CCC(OCCCl)CC1. The lowest BCUT2D eigenvalue weighted by Gasteiger charge is -2.31. The number of pyridine rings is 1. The first-order chi connectivity index (χ1) is 9.20. The Morgan fingerprint density at radius 1 is 1.47 bits per heavy atom. The second kappa shape index (κ2) is 6.82. The van der Waals surface area contributed by atoms with Gasteiger partial charge in [-0.25, -0.2) is 4.39 Å². The van der Waals surface area contributed by atoms with Gasteiger partial charge in [0, 0.05) is 25.2 Å². The van der Waals surface area contributed by atoms with Crippen LogP contribution in [0.2, 0.25) is 0 Å². The highest BCUT2D eigenvalue weighted by Gasteiger charge is 2.24. The summed E-state index contributed by atoms with van der Waals surface area (Å²) in [6, 6.07) is 1.21. The van der Waals surface area contributed by atoms with Gasteiger partial charge in [0.1, 0.15) is 5.82 Å². The summed E-state index contributed by atoms with van der Waals surface area (Å²) in [5.41, 5.74) is 0.292. The van der Waals surface area contributed by atoms with Crippen molar-refractivity contribution >= 4 is 17.5 Å². The van der Waals surface area contributed by atoms with Gasteiger partial charge in [0.2, 0.25) is 0 Å². The van der Waals surface area contributed by atoms with E-state index in [0.29, 0.717) is 31.1 Å². The molecule has 1 fully saturated rings. The van der Waals surface area contributed by atoms with E-state index in [4.69, 9.17) is 16.3 Å². The van der Waals surface area contributed by atoms with Gasteiger partial charge in [0.05, 0.1) is 24.5 Å². The van der Waals surface area contributed by atoms with Crippen molar-refractivity contribution in [1.82, 2.24) is 9.88 Å². The van der Waals surface area contributed by atoms with Gasteiger partial charge in [-0.05, 0) is 18.9 Å². The van der Waals surface area contributed by atoms with Gasteiger partial charge in [0.15, 0.2) is 0 Å². The average molecular weight is 287 g/mol. The molecule has 1 aliphatic rings. The maximum absolute atomic E-state index is 13.0. The lowest BCUT2D eigenvalue weighted by Crippen LogP contribution is -2.41. The van der Waals surface area contributed by atoms with Crippen LogP contribution in [0.4, 0.5) is 4.39 Å². The molecule has 104 valence electrons. The smallest absolute Gasteiger partial charge is 0.255 e. The first kappa shape index (κ1) is 14.2. The summed E-state index contributed by atoms with van der Waals surface area (Å²) < 4.78 is 18.6. The fraction of sp³-hybridized carbons (Fsp3) is 0.538. The van der Waals surface area contributed by atoms with Crippen LogP contribution in [0, 0.1) is 5.82 Å². The summed E-state index contributed by atoms with van der Waals surface area (Å²) in [5.74, 6) is -0.192. The monoisotopic (exact) mass is 286 g/mol. The molecule has 1 amide bonds. The minimum atomic E-state index is -0.494. The molecule has 1 aromatic rings. The molecular weight excluding hydrogens is 271 g/mol. The first-order valence-corrected chi connectivity index (χ1v) is 6.81. The van der Waals surface area contributed by atoms with E-state index in [1.807, 2.05) is 0 Å². The number of carbonyl (C=O) groups is 1. The molecule has 1 aliphatic heterocycles. The maximum atomic E-state index is 13.0. The van der Waals surface area contributed by atoms with Gasteiger partial charge < -0.3 is 9.64 Å². The van der Waals surface area contributed by atoms with Crippen LogP contribution in [0.1, 0.15) is 23.2 Å². The van der Waals surface area contributed by atoms with Crippen LogP contribution in [0.15, 0.2) is 18.5 Å². The zero-order valence-electron chi connectivity index (χ0n) is 10.5. The van der Waals surface area contributed by atoms with Crippen molar-refractivity contribution in [1.29, 1.82) is 0 Å². The lowest BCUT2D eigenvalue weighted by molar-refractivity contribution is 0.0154. The summed E-state index contributed by atoms with van der Waals surface area (Å²) in [6.07, 6.45) is 4.20. The Balaban J connectivity index is 1.89. The molecule has 4 nitrogen and oxygen atoms in total. The fourth-order valence-electron chi connectivity index (χ4n) is 2.15. The number of amides is 1. The van der Waals surface area contributed by atoms with Crippen LogP contribution < -0.4 is 0 Å². The Hall–Kier alpha value is -1.20. The molecule has 0 aromatic carbocycles. The van der Waals surface area contributed by atoms with E-state index in [1.54, 1.807) is 4.90 Å². The van der Waals surface area contributed by atoms with Crippen molar-refractivity contribution in [2.75, 3.05) is 25.6 Å². The zero-order chi connectivity index (χ0) is 13.7. The number of hydrogen-bond acceptors (Lipinski definition) is 3. The van der Waals surface area contributed by atoms with E-state index in [1.165, 1.54) is 12.3 Å². The molecule has 0 unspecified atom stereocenters. The number of carbonyl (C=O) groups excluding carboxylic acids is 1. The van der Waals surface area contributed by atoms with Crippen molar-refractivity contribution in [3.05, 3.63) is 29.8 Å². The average Bonchev–Trinajstić information content (AvgIpc) is 2.45. The third-order valence-corrected chi connectivity index (χ3v) is 3.27. The fourth-order valence-corrected chi connectivity index (χ4v) is 2.24. The number of likely N-dealkylation sites (tertiary alicyclic amines) is 1. The normalized spacial score (nSPS) is 16.6. The van der Waals surface area contributed by atoms with Gasteiger partial charge in [-0.15, -0.1) is 11.6 Å². The molecule has 0 N–H and O–H groups in total. The Kier molecular flexibility index (Phi) is 5.10. The summed E-state index contributed by atoms with van der Waals surface area (Å²) >= 11 is 5.56. The highest BCUT2D eigenvalue weighted by Crippen LogP contribution is 2.16. The molecule has 19 heavy (non-hydrogen) atoms. The number of nitrogens with zero attached hydrogens (tertiary/aromatic N) is 2. The lowest BCUT2D eigenvalue weighted by atomic mass is 10.1. The summed E-state index contributed by atoms with van der Waals surface area (Å²) in [5, 5.41) is 0. The molecule has 0 aliphatic carbocycles. The Morgan fingerprint density at radius 2 is 2.21 bits per heavy atom. The number of ether oxygens (including phenoxy) is 1. The van der Waals surface area contributed by atoms with Crippen LogP contribution in [-0.4, -0.2) is 47.5 Å². The van der Waals surface area contributed by atoms with Gasteiger partial charge in [-0.1, -0.05) is 0 Å². The number of piperidine rings is 1. The highest BCUT2D eigenvalue weighted by atomic mass is 35.5. The molecule has 2 rings (SSSR count). The van der Waals surface area contributed by atoms with E-state index in [9.17, 15) is 9.18 Å². The van der Waals surface area contributed by atoms with Gasteiger partial charge >= 0.3 is 0 Å². The van der Waals surface area contributed by atoms with Crippen LogP contribution in [0.25, 0.3) is 0 Å². The molecule has 1 aromatic heterocycles. The van der Waals surface area contributed by atoms with E-state index < -0.39 is 5.82 Å². The molecule has 1 saturated heterocycles. The Labute approximate surface area is 116 Å². The van der Waals surface area contributed by atoms with Gasteiger partial charge in [0.25, 0.3) is 5.91 Å². The van der Waals surface area contributed by atoms with E-state index in [-0.39, 0.29) is 12.0 Å². The largest absolute Gasteiger partial charge is 0.377 e. The van der Waals surface area contributed by atoms with Crippen molar-refractivity contribution in [3.63, 3.8) is 0 Å². The topological polar surface area (TPSA) is 42.4 Å². The minimum Gasteiger partial charge on any atom is -0.377 e. The van der Waals surface area contributed by atoms with Crippen molar-refractivity contribution in [3.8, 4) is 0 Å². The predicted molar refractivity (Wildman–Crippen MR) is 69.8 cm³/mol. The molecule has 6 heteroatoms. The molecule has 0 atom stereocenters. The van der Waals surface area contributed by atoms with Crippen LogP contribution in [0.5, 0.6) is 0 Å². The molecule has 0 spiro atoms. The molecule has 0 bridgehead atoms. The van der Waals surface area contributed by atoms with E-state index in [0.717, 1.165) is 19.0 Å². The van der Waals surface area contributed by atoms with Gasteiger partial charge in [-0.2, -0.15) is 0 Å². The third-order valence-electron chi connectivity index (χ3n) is 3.11. The Morgan fingerprint density at radius 3 is 2.84 bits per heavy atom. The number of hydrogen-bond donors (Lipinski definition) is 0. The minimum absolute atomic E-state index is 0.161. The van der Waals surface area contributed by atoms with Crippen LogP contribution in [-0.2, 0) is 4.74 Å². The second-order valence-corrected chi connectivity index (χ2v) is 4.82. The molecule has 0 radical (unpaired) electrons. The van der Waals surface area contributed by atoms with Crippen LogP contribution in [0.3, 0.4) is 0 Å². The molecule has 0 saturated carbocycles. The van der Waals surface area contributed by atoms with Crippen molar-refractivity contribution in [2.45, 2.75) is 18.9 Å². The van der Waals surface area contributed by atoms with Gasteiger partial charge in [-0.3, -0.25) is 9.78 Å². The highest BCUT2D eigenvalue weighted by molar-refractivity contribution is 6.17. The van der Waals surface area contributed by atoms with Crippen molar-refractivity contribution < 1.29 is 13.9 Å². The van der Waals surface area contributed by atoms with E-state index >= 15 is 0 Å². The van der Waals surface area contributed by atoms with E-state index in [2.05, 4.69) is 4.98 Å². The molecular formula is C13H16ClFN2O2. The van der Waals surface area contributed by atoms with Crippen LogP contribution >= 0.6 is 11.6 Å². The standard InChI is InChI=1S/C13H16ClFN2O2/c14-3-6-19-12-1-4-17(5-2-12)13(18)10-7-11(15)9-16-8-10/h7-9,12H,1-6H2. The quantitative estimate of drug-likeness (QED) is 0.796. The number of halogens is 2. The number of rotatable bonds is 4. The summed E-state index contributed by atoms with van der Waals surface area (Å²) in [4.78, 5) is 17.5. The number of alkyl halides is 1. The summed E-state index contributed by atoms with van der Waals surface area (Å²) in [7, 11) is 0. The Bertz CT molecular complexity index is 436. The maximum Gasteiger partial charge on any atom is 0.255 e. The number of aromatic nitrogens is 1. The van der Waals surface area contributed by atoms with Crippen molar-refractivity contribution in [2.24, 2.45) is 0 Å². The summed E-state index contributed by atoms with van der Waals surface area (Å²) in [6.45, 7) is 1.76.